The Kier molecular flexibility index (Phi) is 5.77. The SMILES string of the molecule is CCCC(CCO)CNc1cccc(F)c1N. The lowest BCUT2D eigenvalue weighted by Gasteiger charge is -2.17. The number of nitrogens with two attached hydrogens (primary N) is 1. The van der Waals surface area contributed by atoms with Crippen molar-refractivity contribution in [3.63, 3.8) is 0 Å². The summed E-state index contributed by atoms with van der Waals surface area (Å²) >= 11 is 0. The van der Waals surface area contributed by atoms with Crippen LogP contribution in [0.15, 0.2) is 18.2 Å². The van der Waals surface area contributed by atoms with Crippen molar-refractivity contribution in [3.05, 3.63) is 24.0 Å². The number of aliphatic hydroxyl groups excluding tert-OH is 1. The highest BCUT2D eigenvalue weighted by atomic mass is 19.1. The molecule has 0 saturated carbocycles. The van der Waals surface area contributed by atoms with E-state index in [9.17, 15) is 4.39 Å². The fraction of sp³-hybridized carbons (Fsp3) is 0.538. The zero-order valence-corrected chi connectivity index (χ0v) is 10.2. The summed E-state index contributed by atoms with van der Waals surface area (Å²) in [5.74, 6) is -0.00290. The molecule has 4 heteroatoms. The highest BCUT2D eigenvalue weighted by molar-refractivity contribution is 5.66. The monoisotopic (exact) mass is 240 g/mol. The molecule has 4 N–H and O–H groups in total. The van der Waals surface area contributed by atoms with E-state index in [-0.39, 0.29) is 12.3 Å². The Labute approximate surface area is 102 Å². The fourth-order valence-electron chi connectivity index (χ4n) is 1.88. The number of aliphatic hydroxyl groups is 1. The van der Waals surface area contributed by atoms with Gasteiger partial charge in [-0.1, -0.05) is 19.4 Å². The molecule has 1 atom stereocenters. The molecule has 96 valence electrons. The Morgan fingerprint density at radius 1 is 1.41 bits per heavy atom. The second-order valence-corrected chi connectivity index (χ2v) is 4.25. The predicted molar refractivity (Wildman–Crippen MR) is 69.4 cm³/mol. The van der Waals surface area contributed by atoms with Crippen LogP contribution in [0.4, 0.5) is 15.8 Å². The Bertz CT molecular complexity index is 338. The first-order chi connectivity index (χ1) is 8.19. The van der Waals surface area contributed by atoms with Gasteiger partial charge in [-0.05, 0) is 30.9 Å². The summed E-state index contributed by atoms with van der Waals surface area (Å²) in [5, 5.41) is 12.1. The van der Waals surface area contributed by atoms with Gasteiger partial charge < -0.3 is 16.2 Å². The third-order valence-corrected chi connectivity index (χ3v) is 2.87. The second-order valence-electron chi connectivity index (χ2n) is 4.25. The molecule has 0 aliphatic carbocycles. The van der Waals surface area contributed by atoms with Crippen LogP contribution in [0.25, 0.3) is 0 Å². The number of para-hydroxylation sites is 1. The van der Waals surface area contributed by atoms with Gasteiger partial charge in [-0.3, -0.25) is 0 Å². The minimum atomic E-state index is -0.399. The molecule has 1 aromatic carbocycles. The zero-order chi connectivity index (χ0) is 12.7. The van der Waals surface area contributed by atoms with Crippen molar-refractivity contribution in [3.8, 4) is 0 Å². The van der Waals surface area contributed by atoms with E-state index >= 15 is 0 Å². The van der Waals surface area contributed by atoms with Gasteiger partial charge in [-0.2, -0.15) is 0 Å². The maximum atomic E-state index is 13.2. The van der Waals surface area contributed by atoms with Gasteiger partial charge in [0.15, 0.2) is 0 Å². The topological polar surface area (TPSA) is 58.3 Å². The highest BCUT2D eigenvalue weighted by Gasteiger charge is 2.09. The van der Waals surface area contributed by atoms with Crippen LogP contribution in [-0.4, -0.2) is 18.3 Å². The Balaban J connectivity index is 2.55. The average Bonchev–Trinajstić information content (AvgIpc) is 2.31. The maximum absolute atomic E-state index is 13.2. The van der Waals surface area contributed by atoms with Crippen LogP contribution < -0.4 is 11.1 Å². The molecule has 3 nitrogen and oxygen atoms in total. The van der Waals surface area contributed by atoms with E-state index in [4.69, 9.17) is 10.8 Å². The van der Waals surface area contributed by atoms with Crippen molar-refractivity contribution in [2.24, 2.45) is 5.92 Å². The minimum absolute atomic E-state index is 0.159. The number of rotatable bonds is 7. The molecule has 17 heavy (non-hydrogen) atoms. The Morgan fingerprint density at radius 3 is 2.82 bits per heavy atom. The smallest absolute Gasteiger partial charge is 0.148 e. The van der Waals surface area contributed by atoms with E-state index in [1.165, 1.54) is 6.07 Å². The summed E-state index contributed by atoms with van der Waals surface area (Å²) < 4.78 is 13.2. The van der Waals surface area contributed by atoms with Crippen LogP contribution in [-0.2, 0) is 0 Å². The molecule has 0 aliphatic heterocycles. The Morgan fingerprint density at radius 2 is 2.18 bits per heavy atom. The molecule has 0 spiro atoms. The largest absolute Gasteiger partial charge is 0.396 e. The third kappa shape index (κ3) is 4.23. The number of halogens is 1. The summed E-state index contributed by atoms with van der Waals surface area (Å²) in [5.41, 5.74) is 6.42. The van der Waals surface area contributed by atoms with E-state index in [0.717, 1.165) is 19.3 Å². The number of anilines is 2. The van der Waals surface area contributed by atoms with Crippen LogP contribution in [0.1, 0.15) is 26.2 Å². The summed E-state index contributed by atoms with van der Waals surface area (Å²) in [6.45, 7) is 3.01. The molecule has 0 aromatic heterocycles. The molecule has 0 fully saturated rings. The van der Waals surface area contributed by atoms with Crippen molar-refractivity contribution in [1.29, 1.82) is 0 Å². The van der Waals surface area contributed by atoms with Gasteiger partial charge in [0.05, 0.1) is 11.4 Å². The van der Waals surface area contributed by atoms with Crippen LogP contribution in [0.2, 0.25) is 0 Å². The van der Waals surface area contributed by atoms with Crippen molar-refractivity contribution in [2.45, 2.75) is 26.2 Å². The maximum Gasteiger partial charge on any atom is 0.148 e. The van der Waals surface area contributed by atoms with Crippen molar-refractivity contribution < 1.29 is 9.50 Å². The zero-order valence-electron chi connectivity index (χ0n) is 10.2. The first-order valence-electron chi connectivity index (χ1n) is 6.07. The van der Waals surface area contributed by atoms with E-state index in [1.807, 2.05) is 0 Å². The van der Waals surface area contributed by atoms with E-state index in [0.29, 0.717) is 18.2 Å². The number of benzene rings is 1. The first kappa shape index (κ1) is 13.8. The molecule has 1 rings (SSSR count). The van der Waals surface area contributed by atoms with E-state index in [1.54, 1.807) is 12.1 Å². The summed E-state index contributed by atoms with van der Waals surface area (Å²) in [6.07, 6.45) is 2.88. The molecular weight excluding hydrogens is 219 g/mol. The molecule has 0 bridgehead atoms. The first-order valence-corrected chi connectivity index (χ1v) is 6.07. The molecule has 0 heterocycles. The predicted octanol–water partition coefficient (Wildman–Crippen LogP) is 2.62. The number of nitrogen functional groups attached to an aromatic ring is 1. The Hall–Kier alpha value is -1.29. The summed E-state index contributed by atoms with van der Waals surface area (Å²) in [4.78, 5) is 0. The van der Waals surface area contributed by atoms with Crippen LogP contribution in [0.3, 0.4) is 0 Å². The highest BCUT2D eigenvalue weighted by Crippen LogP contribution is 2.22. The standard InChI is InChI=1S/C13H21FN2O/c1-2-4-10(7-8-17)9-16-12-6-3-5-11(14)13(12)15/h3,5-6,10,16-17H,2,4,7-9,15H2,1H3. The van der Waals surface area contributed by atoms with Crippen LogP contribution in [0, 0.1) is 11.7 Å². The van der Waals surface area contributed by atoms with Gasteiger partial charge in [0, 0.05) is 13.2 Å². The van der Waals surface area contributed by atoms with Crippen LogP contribution >= 0.6 is 0 Å². The van der Waals surface area contributed by atoms with Crippen LogP contribution in [0.5, 0.6) is 0 Å². The van der Waals surface area contributed by atoms with Gasteiger partial charge in [0.1, 0.15) is 5.82 Å². The van der Waals surface area contributed by atoms with E-state index in [2.05, 4.69) is 12.2 Å². The molecule has 0 aliphatic rings. The molecular formula is C13H21FN2O. The normalized spacial score (nSPS) is 12.4. The molecule has 1 aromatic rings. The van der Waals surface area contributed by atoms with Gasteiger partial charge in [-0.15, -0.1) is 0 Å². The molecule has 0 radical (unpaired) electrons. The molecule has 0 saturated heterocycles. The summed E-state index contributed by atoms with van der Waals surface area (Å²) in [7, 11) is 0. The van der Waals surface area contributed by atoms with E-state index < -0.39 is 5.82 Å². The van der Waals surface area contributed by atoms with Gasteiger partial charge in [0.2, 0.25) is 0 Å². The minimum Gasteiger partial charge on any atom is -0.396 e. The number of hydrogen-bond donors (Lipinski definition) is 3. The van der Waals surface area contributed by atoms with Gasteiger partial charge >= 0.3 is 0 Å². The summed E-state index contributed by atoms with van der Waals surface area (Å²) in [6, 6.07) is 4.74. The molecule has 0 amide bonds. The average molecular weight is 240 g/mol. The molecule has 1 unspecified atom stereocenters. The fourth-order valence-corrected chi connectivity index (χ4v) is 1.88. The second kappa shape index (κ2) is 7.12. The number of nitrogens with one attached hydrogen (secondary N) is 1. The third-order valence-electron chi connectivity index (χ3n) is 2.87. The van der Waals surface area contributed by atoms with Gasteiger partial charge in [0.25, 0.3) is 0 Å². The lowest BCUT2D eigenvalue weighted by molar-refractivity contribution is 0.255. The van der Waals surface area contributed by atoms with Crippen molar-refractivity contribution in [2.75, 3.05) is 24.2 Å². The lowest BCUT2D eigenvalue weighted by atomic mass is 10.00. The van der Waals surface area contributed by atoms with Gasteiger partial charge in [-0.25, -0.2) is 4.39 Å². The van der Waals surface area contributed by atoms with Crippen molar-refractivity contribution >= 4 is 11.4 Å². The quantitative estimate of drug-likeness (QED) is 0.642. The lowest BCUT2D eigenvalue weighted by Crippen LogP contribution is -2.16. The van der Waals surface area contributed by atoms with Crippen molar-refractivity contribution in [1.82, 2.24) is 0 Å². The number of hydrogen-bond acceptors (Lipinski definition) is 3.